The summed E-state index contributed by atoms with van der Waals surface area (Å²) in [6, 6.07) is 20.6. The lowest BCUT2D eigenvalue weighted by Gasteiger charge is -2.12. The zero-order valence-electron chi connectivity index (χ0n) is 21.8. The highest BCUT2D eigenvalue weighted by Gasteiger charge is 2.18. The van der Waals surface area contributed by atoms with Crippen LogP contribution in [0.5, 0.6) is 11.5 Å². The third kappa shape index (κ3) is 6.49. The Morgan fingerprint density at radius 2 is 1.12 bits per heavy atom. The number of carbonyl (C=O) groups excluding carboxylic acids is 2. The molecule has 3 heterocycles. The summed E-state index contributed by atoms with van der Waals surface area (Å²) >= 11 is 6.27. The number of nitrogens with two attached hydrogens (primary N) is 2. The molecule has 0 aliphatic carbocycles. The van der Waals surface area contributed by atoms with Crippen LogP contribution in [0.1, 0.15) is 21.0 Å². The molecule has 0 aliphatic heterocycles. The van der Waals surface area contributed by atoms with Crippen LogP contribution in [-0.2, 0) is 0 Å². The number of rotatable bonds is 10. The number of pyridine rings is 3. The molecule has 12 heteroatoms. The van der Waals surface area contributed by atoms with Gasteiger partial charge in [-0.1, -0.05) is 35.9 Å². The summed E-state index contributed by atoms with van der Waals surface area (Å²) < 4.78 is 11.5. The molecule has 0 saturated carbocycles. The van der Waals surface area contributed by atoms with Gasteiger partial charge in [0.05, 0.1) is 11.0 Å². The van der Waals surface area contributed by atoms with E-state index in [1.165, 1.54) is 12.1 Å². The van der Waals surface area contributed by atoms with Gasteiger partial charge in [-0.15, -0.1) is 0 Å². The van der Waals surface area contributed by atoms with Gasteiger partial charge in [-0.3, -0.25) is 9.59 Å². The Balaban J connectivity index is 1.39. The Bertz CT molecular complexity index is 1620. The molecule has 5 aromatic rings. The van der Waals surface area contributed by atoms with E-state index >= 15 is 0 Å². The molecule has 0 atom stereocenters. The quantitative estimate of drug-likeness (QED) is 0.193. The molecule has 0 aliphatic rings. The number of halogens is 1. The first kappa shape index (κ1) is 27.7. The van der Waals surface area contributed by atoms with Crippen LogP contribution in [0.2, 0.25) is 5.02 Å². The number of benzene rings is 2. The minimum Gasteiger partial charge on any atom is -0.491 e. The molecule has 0 bridgehead atoms. The van der Waals surface area contributed by atoms with Crippen LogP contribution in [0.4, 0.5) is 11.6 Å². The Hall–Kier alpha value is -4.84. The Morgan fingerprint density at radius 3 is 1.56 bits per heavy atom. The number of aromatic nitrogens is 3. The summed E-state index contributed by atoms with van der Waals surface area (Å²) in [5.74, 6) is 0.282. The molecule has 2 aromatic carbocycles. The van der Waals surface area contributed by atoms with Crippen molar-refractivity contribution in [3.05, 3.63) is 89.2 Å². The molecule has 6 N–H and O–H groups in total. The van der Waals surface area contributed by atoms with Gasteiger partial charge in [0.15, 0.2) is 0 Å². The van der Waals surface area contributed by atoms with E-state index in [1.807, 2.05) is 36.4 Å². The van der Waals surface area contributed by atoms with E-state index in [2.05, 4.69) is 25.6 Å². The predicted molar refractivity (Wildman–Crippen MR) is 158 cm³/mol. The fourth-order valence-electron chi connectivity index (χ4n) is 4.08. The number of hydrogen-bond acceptors (Lipinski definition) is 9. The van der Waals surface area contributed by atoms with Crippen LogP contribution in [0.25, 0.3) is 21.8 Å². The van der Waals surface area contributed by atoms with E-state index in [0.717, 1.165) is 10.8 Å². The third-order valence-electron chi connectivity index (χ3n) is 5.85. The van der Waals surface area contributed by atoms with Crippen LogP contribution < -0.4 is 31.6 Å². The van der Waals surface area contributed by atoms with Gasteiger partial charge in [-0.05, 0) is 36.4 Å². The highest BCUT2D eigenvalue weighted by atomic mass is 35.5. The van der Waals surface area contributed by atoms with Crippen molar-refractivity contribution in [3.8, 4) is 11.5 Å². The minimum absolute atomic E-state index is 0.0829. The van der Waals surface area contributed by atoms with Gasteiger partial charge in [0.2, 0.25) is 0 Å². The molecular weight excluding hydrogens is 546 g/mol. The SMILES string of the molecule is NCCOc1cc(NC(=O)c2cc(Cl)cc(C(=O)Nc3cc(OCCN)c4ccccc4n3)n2)nc2ccccc12. The molecule has 5 rings (SSSR count). The van der Waals surface area contributed by atoms with Crippen LogP contribution in [-0.4, -0.2) is 53.1 Å². The average molecular weight is 572 g/mol. The average Bonchev–Trinajstić information content (AvgIpc) is 2.98. The standard InChI is InChI=1S/C29H26ClN7O4/c30-17-13-22(28(38)36-26-15-24(40-11-9-31)18-5-1-3-7-20(18)34-26)33-23(14-17)29(39)37-27-16-25(41-12-10-32)19-6-2-4-8-21(19)35-27/h1-8,13-16H,9-12,31-32H2,(H,34,36,38)(H,35,37,39). The van der Waals surface area contributed by atoms with Gasteiger partial charge < -0.3 is 31.6 Å². The minimum atomic E-state index is -0.615. The molecule has 208 valence electrons. The molecule has 0 unspecified atom stereocenters. The molecule has 0 radical (unpaired) electrons. The van der Waals surface area contributed by atoms with Crippen molar-refractivity contribution in [2.24, 2.45) is 11.5 Å². The monoisotopic (exact) mass is 571 g/mol. The lowest BCUT2D eigenvalue weighted by atomic mass is 10.2. The number of hydrogen-bond donors (Lipinski definition) is 4. The Morgan fingerprint density at radius 1 is 0.683 bits per heavy atom. The van der Waals surface area contributed by atoms with Crippen molar-refractivity contribution >= 4 is 56.9 Å². The summed E-state index contributed by atoms with van der Waals surface area (Å²) in [6.07, 6.45) is 0. The first-order chi connectivity index (χ1) is 19.9. The van der Waals surface area contributed by atoms with Gasteiger partial charge >= 0.3 is 0 Å². The molecule has 0 spiro atoms. The number of carbonyl (C=O) groups is 2. The van der Waals surface area contributed by atoms with Crippen molar-refractivity contribution < 1.29 is 19.1 Å². The number of amides is 2. The van der Waals surface area contributed by atoms with Gasteiger partial charge in [0.25, 0.3) is 11.8 Å². The number of anilines is 2. The number of nitrogens with one attached hydrogen (secondary N) is 2. The number of para-hydroxylation sites is 2. The fourth-order valence-corrected chi connectivity index (χ4v) is 4.29. The Kier molecular flexibility index (Phi) is 8.49. The molecule has 2 amide bonds. The van der Waals surface area contributed by atoms with Gasteiger partial charge in [-0.2, -0.15) is 0 Å². The maximum absolute atomic E-state index is 13.1. The number of ether oxygens (including phenoxy) is 2. The molecular formula is C29H26ClN7O4. The normalized spacial score (nSPS) is 10.9. The lowest BCUT2D eigenvalue weighted by Crippen LogP contribution is -2.20. The smallest absolute Gasteiger partial charge is 0.275 e. The number of fused-ring (bicyclic) bond motifs is 2. The second-order valence-corrected chi connectivity index (χ2v) is 9.22. The molecule has 41 heavy (non-hydrogen) atoms. The van der Waals surface area contributed by atoms with Crippen molar-refractivity contribution in [1.82, 2.24) is 15.0 Å². The van der Waals surface area contributed by atoms with Crippen molar-refractivity contribution in [2.75, 3.05) is 36.9 Å². The zero-order valence-corrected chi connectivity index (χ0v) is 22.5. The van der Waals surface area contributed by atoms with Gasteiger partial charge in [0.1, 0.15) is 47.7 Å². The maximum atomic E-state index is 13.1. The summed E-state index contributed by atoms with van der Waals surface area (Å²) in [4.78, 5) is 39.5. The summed E-state index contributed by atoms with van der Waals surface area (Å²) in [5.41, 5.74) is 12.3. The molecule has 3 aromatic heterocycles. The van der Waals surface area contributed by atoms with E-state index in [9.17, 15) is 9.59 Å². The van der Waals surface area contributed by atoms with Gasteiger partial charge in [0, 0.05) is 41.0 Å². The van der Waals surface area contributed by atoms with Crippen LogP contribution >= 0.6 is 11.6 Å². The van der Waals surface area contributed by atoms with E-state index in [-0.39, 0.29) is 28.0 Å². The van der Waals surface area contributed by atoms with Crippen LogP contribution in [0.3, 0.4) is 0 Å². The first-order valence-electron chi connectivity index (χ1n) is 12.7. The largest absolute Gasteiger partial charge is 0.491 e. The first-order valence-corrected chi connectivity index (χ1v) is 13.1. The highest BCUT2D eigenvalue weighted by Crippen LogP contribution is 2.29. The summed E-state index contributed by atoms with van der Waals surface area (Å²) in [6.45, 7) is 1.24. The number of nitrogens with zero attached hydrogens (tertiary/aromatic N) is 3. The van der Waals surface area contributed by atoms with Crippen molar-refractivity contribution in [2.45, 2.75) is 0 Å². The fraction of sp³-hybridized carbons (Fsp3) is 0.138. The maximum Gasteiger partial charge on any atom is 0.275 e. The Labute approximate surface area is 239 Å². The molecule has 0 saturated heterocycles. The van der Waals surface area contributed by atoms with Crippen molar-refractivity contribution in [1.29, 1.82) is 0 Å². The summed E-state index contributed by atoms with van der Waals surface area (Å²) in [5, 5.41) is 7.11. The lowest BCUT2D eigenvalue weighted by molar-refractivity contribution is 0.101. The van der Waals surface area contributed by atoms with Gasteiger partial charge in [-0.25, -0.2) is 15.0 Å². The van der Waals surface area contributed by atoms with Crippen molar-refractivity contribution in [3.63, 3.8) is 0 Å². The van der Waals surface area contributed by atoms with Crippen LogP contribution in [0, 0.1) is 0 Å². The highest BCUT2D eigenvalue weighted by molar-refractivity contribution is 6.31. The molecule has 0 fully saturated rings. The molecule has 11 nitrogen and oxygen atoms in total. The van der Waals surface area contributed by atoms with E-state index in [0.29, 0.717) is 48.8 Å². The second kappa shape index (κ2) is 12.6. The third-order valence-corrected chi connectivity index (χ3v) is 6.06. The van der Waals surface area contributed by atoms with E-state index < -0.39 is 11.8 Å². The predicted octanol–water partition coefficient (Wildman–Crippen LogP) is 4.01. The van der Waals surface area contributed by atoms with E-state index in [1.54, 1.807) is 24.3 Å². The summed E-state index contributed by atoms with van der Waals surface area (Å²) in [7, 11) is 0. The van der Waals surface area contributed by atoms with Crippen LogP contribution in [0.15, 0.2) is 72.8 Å². The van der Waals surface area contributed by atoms with E-state index in [4.69, 9.17) is 32.5 Å². The second-order valence-electron chi connectivity index (χ2n) is 8.78. The topological polar surface area (TPSA) is 167 Å². The zero-order chi connectivity index (χ0) is 28.8.